The van der Waals surface area contributed by atoms with Crippen LogP contribution in [0.15, 0.2) is 28.7 Å². The highest BCUT2D eigenvalue weighted by molar-refractivity contribution is 9.10. The molecule has 3 aliphatic rings. The summed E-state index contributed by atoms with van der Waals surface area (Å²) in [5, 5.41) is 0. The minimum atomic E-state index is 0.159. The molecule has 4 rings (SSSR count). The lowest BCUT2D eigenvalue weighted by molar-refractivity contribution is -0.0596. The van der Waals surface area contributed by atoms with Crippen molar-refractivity contribution in [2.45, 2.75) is 24.9 Å². The average Bonchev–Trinajstić information content (AvgIpc) is 2.50. The van der Waals surface area contributed by atoms with Gasteiger partial charge in [-0.1, -0.05) is 34.1 Å². The molecule has 1 aromatic rings. The van der Waals surface area contributed by atoms with Crippen molar-refractivity contribution >= 4 is 15.9 Å². The van der Waals surface area contributed by atoms with E-state index < -0.39 is 0 Å². The van der Waals surface area contributed by atoms with Gasteiger partial charge in [-0.25, -0.2) is 0 Å². The summed E-state index contributed by atoms with van der Waals surface area (Å²) in [6.45, 7) is 5.37. The van der Waals surface area contributed by atoms with E-state index in [0.717, 1.165) is 25.6 Å². The zero-order valence-electron chi connectivity index (χ0n) is 12.2. The molecule has 2 bridgehead atoms. The Hall–Kier alpha value is -0.420. The molecule has 3 aliphatic heterocycles. The van der Waals surface area contributed by atoms with Gasteiger partial charge in [-0.15, -0.1) is 0 Å². The van der Waals surface area contributed by atoms with E-state index in [0.29, 0.717) is 0 Å². The summed E-state index contributed by atoms with van der Waals surface area (Å²) in [6, 6.07) is 8.50. The number of fused-ring (bicyclic) bond motifs is 3. The van der Waals surface area contributed by atoms with Crippen LogP contribution in [0.3, 0.4) is 0 Å². The van der Waals surface area contributed by atoms with Gasteiger partial charge in [0, 0.05) is 29.6 Å². The molecule has 1 unspecified atom stereocenters. The number of nitrogens with zero attached hydrogens (tertiary/aromatic N) is 2. The van der Waals surface area contributed by atoms with E-state index >= 15 is 0 Å². The molecule has 2 N–H and O–H groups in total. The number of rotatable bonds is 4. The SMILES string of the molecule is CN(Cc1ccccc1Br)C1(CN)CN2CCC1CC2. The molecule has 3 heterocycles. The minimum absolute atomic E-state index is 0.159. The minimum Gasteiger partial charge on any atom is -0.329 e. The van der Waals surface area contributed by atoms with E-state index in [9.17, 15) is 0 Å². The Bertz CT molecular complexity index is 471. The lowest BCUT2D eigenvalue weighted by atomic mass is 9.71. The van der Waals surface area contributed by atoms with E-state index in [4.69, 9.17) is 5.73 Å². The predicted molar refractivity (Wildman–Crippen MR) is 86.6 cm³/mol. The Kier molecular flexibility index (Phi) is 4.18. The predicted octanol–water partition coefficient (Wildman–Crippen LogP) is 2.30. The standard InChI is InChI=1S/C16H24BrN3/c1-19(10-13-4-2-3-5-15(13)17)16(11-18)12-20-8-6-14(16)7-9-20/h2-5,14H,6-12,18H2,1H3. The number of nitrogens with two attached hydrogens (primary N) is 1. The fourth-order valence-corrected chi connectivity index (χ4v) is 4.41. The van der Waals surface area contributed by atoms with E-state index in [1.807, 2.05) is 0 Å². The zero-order chi connectivity index (χ0) is 14.2. The third-order valence-electron chi connectivity index (χ3n) is 5.32. The van der Waals surface area contributed by atoms with Crippen molar-refractivity contribution in [2.24, 2.45) is 11.7 Å². The molecule has 20 heavy (non-hydrogen) atoms. The van der Waals surface area contributed by atoms with Crippen molar-refractivity contribution in [3.05, 3.63) is 34.3 Å². The van der Waals surface area contributed by atoms with E-state index in [1.54, 1.807) is 0 Å². The zero-order valence-corrected chi connectivity index (χ0v) is 13.8. The molecule has 0 spiro atoms. The van der Waals surface area contributed by atoms with Gasteiger partial charge >= 0.3 is 0 Å². The van der Waals surface area contributed by atoms with Crippen LogP contribution in [0.5, 0.6) is 0 Å². The number of hydrogen-bond donors (Lipinski definition) is 1. The van der Waals surface area contributed by atoms with Gasteiger partial charge in [-0.2, -0.15) is 0 Å². The number of hydrogen-bond acceptors (Lipinski definition) is 3. The fourth-order valence-electron chi connectivity index (χ4n) is 4.00. The van der Waals surface area contributed by atoms with Crippen molar-refractivity contribution in [3.8, 4) is 0 Å². The fraction of sp³-hybridized carbons (Fsp3) is 0.625. The molecule has 0 amide bonds. The van der Waals surface area contributed by atoms with Gasteiger partial charge in [-0.05, 0) is 50.5 Å². The van der Waals surface area contributed by atoms with E-state index in [2.05, 4.69) is 57.0 Å². The van der Waals surface area contributed by atoms with Gasteiger partial charge < -0.3 is 10.6 Å². The molecule has 110 valence electrons. The number of piperidine rings is 3. The van der Waals surface area contributed by atoms with E-state index in [-0.39, 0.29) is 5.54 Å². The molecule has 4 heteroatoms. The smallest absolute Gasteiger partial charge is 0.0487 e. The van der Waals surface area contributed by atoms with Crippen LogP contribution in [0.2, 0.25) is 0 Å². The monoisotopic (exact) mass is 337 g/mol. The summed E-state index contributed by atoms with van der Waals surface area (Å²) >= 11 is 3.66. The van der Waals surface area contributed by atoms with Crippen LogP contribution in [-0.4, -0.2) is 48.6 Å². The van der Waals surface area contributed by atoms with Crippen molar-refractivity contribution in [2.75, 3.05) is 33.2 Å². The van der Waals surface area contributed by atoms with Crippen molar-refractivity contribution in [1.82, 2.24) is 9.80 Å². The Morgan fingerprint density at radius 1 is 1.35 bits per heavy atom. The quantitative estimate of drug-likeness (QED) is 0.914. The molecule has 3 fully saturated rings. The second-order valence-corrected chi connectivity index (χ2v) is 7.16. The van der Waals surface area contributed by atoms with Gasteiger partial charge in [0.15, 0.2) is 0 Å². The Balaban J connectivity index is 1.81. The average molecular weight is 338 g/mol. The van der Waals surface area contributed by atoms with Crippen LogP contribution in [0.1, 0.15) is 18.4 Å². The third-order valence-corrected chi connectivity index (χ3v) is 6.10. The number of likely N-dealkylation sites (N-methyl/N-ethyl adjacent to an activating group) is 1. The number of benzene rings is 1. The van der Waals surface area contributed by atoms with Crippen molar-refractivity contribution in [1.29, 1.82) is 0 Å². The summed E-state index contributed by atoms with van der Waals surface area (Å²) < 4.78 is 1.19. The Labute approximate surface area is 130 Å². The van der Waals surface area contributed by atoms with Crippen molar-refractivity contribution in [3.63, 3.8) is 0 Å². The normalized spacial score (nSPS) is 32.8. The molecule has 3 saturated heterocycles. The van der Waals surface area contributed by atoms with Crippen LogP contribution < -0.4 is 5.73 Å². The highest BCUT2D eigenvalue weighted by Crippen LogP contribution is 2.39. The molecular formula is C16H24BrN3. The first kappa shape index (κ1) is 14.5. The van der Waals surface area contributed by atoms with Crippen LogP contribution >= 0.6 is 15.9 Å². The van der Waals surface area contributed by atoms with Gasteiger partial charge in [0.25, 0.3) is 0 Å². The first-order valence-electron chi connectivity index (χ1n) is 7.53. The topological polar surface area (TPSA) is 32.5 Å². The van der Waals surface area contributed by atoms with Crippen LogP contribution in [0.4, 0.5) is 0 Å². The molecule has 0 radical (unpaired) electrons. The Morgan fingerprint density at radius 2 is 2.05 bits per heavy atom. The largest absolute Gasteiger partial charge is 0.329 e. The second-order valence-electron chi connectivity index (χ2n) is 6.31. The molecule has 0 aliphatic carbocycles. The van der Waals surface area contributed by atoms with Gasteiger partial charge in [-0.3, -0.25) is 4.90 Å². The third kappa shape index (κ3) is 2.43. The highest BCUT2D eigenvalue weighted by atomic mass is 79.9. The van der Waals surface area contributed by atoms with Gasteiger partial charge in [0.05, 0.1) is 0 Å². The molecular weight excluding hydrogens is 314 g/mol. The maximum Gasteiger partial charge on any atom is 0.0487 e. The summed E-state index contributed by atoms with van der Waals surface area (Å²) in [5.41, 5.74) is 7.74. The lowest BCUT2D eigenvalue weighted by Gasteiger charge is -2.57. The maximum absolute atomic E-state index is 6.24. The molecule has 3 nitrogen and oxygen atoms in total. The molecule has 0 saturated carbocycles. The van der Waals surface area contributed by atoms with Crippen LogP contribution in [-0.2, 0) is 6.54 Å². The molecule has 0 aromatic heterocycles. The Morgan fingerprint density at radius 3 is 2.60 bits per heavy atom. The summed E-state index contributed by atoms with van der Waals surface area (Å²) in [7, 11) is 2.24. The molecule has 1 atom stereocenters. The summed E-state index contributed by atoms with van der Waals surface area (Å²) in [6.07, 6.45) is 2.61. The lowest BCUT2D eigenvalue weighted by Crippen LogP contribution is -2.69. The van der Waals surface area contributed by atoms with Crippen LogP contribution in [0, 0.1) is 5.92 Å². The highest BCUT2D eigenvalue weighted by Gasteiger charge is 2.48. The first-order valence-corrected chi connectivity index (χ1v) is 8.32. The number of halogens is 1. The van der Waals surface area contributed by atoms with Gasteiger partial charge in [0.2, 0.25) is 0 Å². The second kappa shape index (κ2) is 5.76. The van der Waals surface area contributed by atoms with E-state index in [1.165, 1.54) is 36.0 Å². The summed E-state index contributed by atoms with van der Waals surface area (Å²) in [4.78, 5) is 5.09. The van der Waals surface area contributed by atoms with Crippen molar-refractivity contribution < 1.29 is 0 Å². The maximum atomic E-state index is 6.24. The molecule has 1 aromatic carbocycles. The van der Waals surface area contributed by atoms with Gasteiger partial charge in [0.1, 0.15) is 0 Å². The summed E-state index contributed by atoms with van der Waals surface area (Å²) in [5.74, 6) is 0.755. The first-order chi connectivity index (χ1) is 9.65. The van der Waals surface area contributed by atoms with Crippen LogP contribution in [0.25, 0.3) is 0 Å².